The summed E-state index contributed by atoms with van der Waals surface area (Å²) in [5.41, 5.74) is 0. The molecule has 1 heterocycles. The third-order valence-electron chi connectivity index (χ3n) is 1.87. The van der Waals surface area contributed by atoms with Gasteiger partial charge in [0.25, 0.3) is 0 Å². The second-order valence-electron chi connectivity index (χ2n) is 3.01. The van der Waals surface area contributed by atoms with Crippen LogP contribution >= 0.6 is 0 Å². The molecular weight excluding hydrogens is 124 g/mol. The SMILES string of the molecule is C=C1NCCCN1C(C)C. The van der Waals surface area contributed by atoms with Crippen LogP contribution in [0.1, 0.15) is 20.3 Å². The molecule has 58 valence electrons. The van der Waals surface area contributed by atoms with E-state index in [-0.39, 0.29) is 0 Å². The standard InChI is InChI=1S/C8H16N2/c1-7(2)10-6-4-5-9-8(10)3/h7,9H,3-6H2,1-2H3. The van der Waals surface area contributed by atoms with Crippen LogP contribution in [0.3, 0.4) is 0 Å². The summed E-state index contributed by atoms with van der Waals surface area (Å²) in [6.07, 6.45) is 1.23. The van der Waals surface area contributed by atoms with E-state index in [1.807, 2.05) is 0 Å². The molecule has 1 N–H and O–H groups in total. The molecule has 0 aromatic heterocycles. The van der Waals surface area contributed by atoms with E-state index in [4.69, 9.17) is 0 Å². The van der Waals surface area contributed by atoms with Crippen molar-refractivity contribution in [2.45, 2.75) is 26.3 Å². The minimum absolute atomic E-state index is 0.584. The van der Waals surface area contributed by atoms with Crippen molar-refractivity contribution in [1.82, 2.24) is 10.2 Å². The predicted molar refractivity (Wildman–Crippen MR) is 43.6 cm³/mol. The molecule has 0 aromatic rings. The lowest BCUT2D eigenvalue weighted by Crippen LogP contribution is -2.42. The van der Waals surface area contributed by atoms with Crippen LogP contribution in [0.2, 0.25) is 0 Å². The van der Waals surface area contributed by atoms with Crippen molar-refractivity contribution < 1.29 is 0 Å². The Labute approximate surface area is 62.9 Å². The Balaban J connectivity index is 2.48. The number of rotatable bonds is 1. The molecule has 0 unspecified atom stereocenters. The summed E-state index contributed by atoms with van der Waals surface area (Å²) < 4.78 is 0. The zero-order chi connectivity index (χ0) is 7.56. The van der Waals surface area contributed by atoms with Crippen molar-refractivity contribution in [2.24, 2.45) is 0 Å². The van der Waals surface area contributed by atoms with Crippen LogP contribution in [0, 0.1) is 0 Å². The molecule has 0 saturated carbocycles. The van der Waals surface area contributed by atoms with Gasteiger partial charge < -0.3 is 10.2 Å². The summed E-state index contributed by atoms with van der Waals surface area (Å²) in [7, 11) is 0. The lowest BCUT2D eigenvalue weighted by atomic mass is 10.2. The van der Waals surface area contributed by atoms with Crippen LogP contribution in [0.15, 0.2) is 12.4 Å². The maximum atomic E-state index is 3.93. The molecule has 0 radical (unpaired) electrons. The van der Waals surface area contributed by atoms with Crippen molar-refractivity contribution in [3.8, 4) is 0 Å². The Kier molecular flexibility index (Phi) is 2.20. The molecule has 1 aliphatic rings. The van der Waals surface area contributed by atoms with Crippen LogP contribution in [0.25, 0.3) is 0 Å². The summed E-state index contributed by atoms with van der Waals surface area (Å²) in [4.78, 5) is 2.30. The Morgan fingerprint density at radius 1 is 1.60 bits per heavy atom. The molecule has 2 nitrogen and oxygen atoms in total. The second-order valence-corrected chi connectivity index (χ2v) is 3.01. The van der Waals surface area contributed by atoms with Crippen LogP contribution in [-0.2, 0) is 0 Å². The molecule has 0 spiro atoms. The molecule has 0 aromatic carbocycles. The normalized spacial score (nSPS) is 19.5. The van der Waals surface area contributed by atoms with E-state index in [0.717, 1.165) is 18.9 Å². The van der Waals surface area contributed by atoms with E-state index in [0.29, 0.717) is 6.04 Å². The fourth-order valence-corrected chi connectivity index (χ4v) is 1.29. The van der Waals surface area contributed by atoms with Crippen molar-refractivity contribution in [3.05, 3.63) is 12.4 Å². The zero-order valence-corrected chi connectivity index (χ0v) is 6.85. The highest BCUT2D eigenvalue weighted by Gasteiger charge is 2.13. The average molecular weight is 140 g/mol. The second kappa shape index (κ2) is 2.95. The number of hydrogen-bond donors (Lipinski definition) is 1. The Morgan fingerprint density at radius 2 is 2.30 bits per heavy atom. The molecule has 1 rings (SSSR count). The highest BCUT2D eigenvalue weighted by Crippen LogP contribution is 2.09. The quantitative estimate of drug-likeness (QED) is 0.588. The molecule has 10 heavy (non-hydrogen) atoms. The molecule has 0 amide bonds. The van der Waals surface area contributed by atoms with Gasteiger partial charge in [-0.1, -0.05) is 6.58 Å². The summed E-state index contributed by atoms with van der Waals surface area (Å²) in [5, 5.41) is 3.24. The topological polar surface area (TPSA) is 15.3 Å². The summed E-state index contributed by atoms with van der Waals surface area (Å²) in [6.45, 7) is 10.6. The number of nitrogens with zero attached hydrogens (tertiary/aromatic N) is 1. The molecule has 0 bridgehead atoms. The van der Waals surface area contributed by atoms with Gasteiger partial charge in [0, 0.05) is 19.1 Å². The van der Waals surface area contributed by atoms with Crippen LogP contribution in [0.4, 0.5) is 0 Å². The van der Waals surface area contributed by atoms with Gasteiger partial charge >= 0.3 is 0 Å². The highest BCUT2D eigenvalue weighted by molar-refractivity contribution is 4.95. The van der Waals surface area contributed by atoms with Gasteiger partial charge in [0.05, 0.1) is 5.82 Å². The first kappa shape index (κ1) is 7.45. The lowest BCUT2D eigenvalue weighted by molar-refractivity contribution is 0.235. The van der Waals surface area contributed by atoms with Crippen LogP contribution in [0.5, 0.6) is 0 Å². The van der Waals surface area contributed by atoms with Gasteiger partial charge in [-0.2, -0.15) is 0 Å². The van der Waals surface area contributed by atoms with Crippen molar-refractivity contribution in [2.75, 3.05) is 13.1 Å². The van der Waals surface area contributed by atoms with Gasteiger partial charge in [-0.25, -0.2) is 0 Å². The maximum Gasteiger partial charge on any atom is 0.0941 e. The monoisotopic (exact) mass is 140 g/mol. The Hall–Kier alpha value is -0.660. The van der Waals surface area contributed by atoms with Crippen LogP contribution < -0.4 is 5.32 Å². The van der Waals surface area contributed by atoms with E-state index in [1.165, 1.54) is 6.42 Å². The van der Waals surface area contributed by atoms with Gasteiger partial charge in [0.2, 0.25) is 0 Å². The van der Waals surface area contributed by atoms with Gasteiger partial charge in [0.1, 0.15) is 0 Å². The van der Waals surface area contributed by atoms with E-state index in [2.05, 4.69) is 30.6 Å². The summed E-state index contributed by atoms with van der Waals surface area (Å²) >= 11 is 0. The van der Waals surface area contributed by atoms with Gasteiger partial charge in [-0.15, -0.1) is 0 Å². The van der Waals surface area contributed by atoms with Crippen molar-refractivity contribution in [3.63, 3.8) is 0 Å². The third-order valence-corrected chi connectivity index (χ3v) is 1.87. The molecule has 2 heteroatoms. The molecule has 1 saturated heterocycles. The summed E-state index contributed by atoms with van der Waals surface area (Å²) in [6, 6.07) is 0.584. The fraction of sp³-hybridized carbons (Fsp3) is 0.750. The molecule has 1 fully saturated rings. The number of nitrogens with one attached hydrogen (secondary N) is 1. The fourth-order valence-electron chi connectivity index (χ4n) is 1.29. The van der Waals surface area contributed by atoms with E-state index in [1.54, 1.807) is 0 Å². The minimum Gasteiger partial charge on any atom is -0.372 e. The first-order valence-corrected chi connectivity index (χ1v) is 3.91. The Bertz CT molecular complexity index is 129. The average Bonchev–Trinajstić information content (AvgIpc) is 1.88. The minimum atomic E-state index is 0.584. The number of hydrogen-bond acceptors (Lipinski definition) is 2. The van der Waals surface area contributed by atoms with Gasteiger partial charge in [-0.3, -0.25) is 0 Å². The first-order chi connectivity index (χ1) is 4.72. The Morgan fingerprint density at radius 3 is 2.70 bits per heavy atom. The molecule has 0 aliphatic carbocycles. The van der Waals surface area contributed by atoms with E-state index >= 15 is 0 Å². The van der Waals surface area contributed by atoms with Crippen molar-refractivity contribution in [1.29, 1.82) is 0 Å². The molecule has 1 aliphatic heterocycles. The zero-order valence-electron chi connectivity index (χ0n) is 6.85. The molecular formula is C8H16N2. The lowest BCUT2D eigenvalue weighted by Gasteiger charge is -2.35. The largest absolute Gasteiger partial charge is 0.372 e. The highest BCUT2D eigenvalue weighted by atomic mass is 15.3. The third kappa shape index (κ3) is 1.43. The smallest absolute Gasteiger partial charge is 0.0941 e. The summed E-state index contributed by atoms with van der Waals surface area (Å²) in [5.74, 6) is 1.08. The van der Waals surface area contributed by atoms with Gasteiger partial charge in [0.15, 0.2) is 0 Å². The van der Waals surface area contributed by atoms with Crippen LogP contribution in [-0.4, -0.2) is 24.0 Å². The van der Waals surface area contributed by atoms with E-state index < -0.39 is 0 Å². The van der Waals surface area contributed by atoms with Crippen molar-refractivity contribution >= 4 is 0 Å². The van der Waals surface area contributed by atoms with Gasteiger partial charge in [-0.05, 0) is 20.3 Å². The molecule has 0 atom stereocenters. The van der Waals surface area contributed by atoms with E-state index in [9.17, 15) is 0 Å². The predicted octanol–water partition coefficient (Wildman–Crippen LogP) is 1.16. The maximum absolute atomic E-state index is 3.93. The first-order valence-electron chi connectivity index (χ1n) is 3.91.